The standard InChI is InChI=1S/C11H18N4O3S/c1-3-12-11-13-6-10(7-14-11)19(16,17)15-4-5-18-8-9(15)2/h6-7,9H,3-5,8H2,1-2H3,(H,12,13,14). The number of aromatic nitrogens is 2. The van der Waals surface area contributed by atoms with Crippen molar-refractivity contribution in [1.29, 1.82) is 0 Å². The maximum absolute atomic E-state index is 12.4. The first-order chi connectivity index (χ1) is 9.05. The third-order valence-corrected chi connectivity index (χ3v) is 4.84. The predicted molar refractivity (Wildman–Crippen MR) is 70.4 cm³/mol. The minimum Gasteiger partial charge on any atom is -0.378 e. The summed E-state index contributed by atoms with van der Waals surface area (Å²) in [6, 6.07) is -0.174. The molecule has 2 heterocycles. The Morgan fingerprint density at radius 1 is 1.47 bits per heavy atom. The molecule has 0 saturated carbocycles. The highest BCUT2D eigenvalue weighted by atomic mass is 32.2. The van der Waals surface area contributed by atoms with E-state index in [4.69, 9.17) is 4.74 Å². The number of nitrogens with one attached hydrogen (secondary N) is 1. The normalized spacial score (nSPS) is 21.3. The van der Waals surface area contributed by atoms with Gasteiger partial charge in [-0.05, 0) is 13.8 Å². The quantitative estimate of drug-likeness (QED) is 0.858. The molecular formula is C11H18N4O3S. The molecule has 0 radical (unpaired) electrons. The second-order valence-corrected chi connectivity index (χ2v) is 6.20. The van der Waals surface area contributed by atoms with E-state index in [1.54, 1.807) is 0 Å². The van der Waals surface area contributed by atoms with Crippen LogP contribution in [0.3, 0.4) is 0 Å². The van der Waals surface area contributed by atoms with Gasteiger partial charge < -0.3 is 10.1 Å². The fourth-order valence-corrected chi connectivity index (χ4v) is 3.40. The van der Waals surface area contributed by atoms with E-state index in [-0.39, 0.29) is 10.9 Å². The van der Waals surface area contributed by atoms with Gasteiger partial charge in [0.1, 0.15) is 4.90 Å². The lowest BCUT2D eigenvalue weighted by Gasteiger charge is -2.31. The SMILES string of the molecule is CCNc1ncc(S(=O)(=O)N2CCOCC2C)cn1. The first kappa shape index (κ1) is 14.2. The van der Waals surface area contributed by atoms with Gasteiger partial charge in [0.2, 0.25) is 16.0 Å². The monoisotopic (exact) mass is 286 g/mol. The topological polar surface area (TPSA) is 84.4 Å². The highest BCUT2D eigenvalue weighted by Gasteiger charge is 2.31. The van der Waals surface area contributed by atoms with E-state index in [1.807, 2.05) is 13.8 Å². The molecule has 8 heteroatoms. The van der Waals surface area contributed by atoms with Gasteiger partial charge in [0.25, 0.3) is 0 Å². The van der Waals surface area contributed by atoms with Crippen molar-refractivity contribution in [1.82, 2.24) is 14.3 Å². The lowest BCUT2D eigenvalue weighted by Crippen LogP contribution is -2.46. The van der Waals surface area contributed by atoms with Crippen LogP contribution < -0.4 is 5.32 Å². The summed E-state index contributed by atoms with van der Waals surface area (Å²) in [5, 5.41) is 2.92. The summed E-state index contributed by atoms with van der Waals surface area (Å²) in [4.78, 5) is 8.10. The number of sulfonamides is 1. The Kier molecular flexibility index (Phi) is 4.33. The zero-order valence-electron chi connectivity index (χ0n) is 11.0. The van der Waals surface area contributed by atoms with Gasteiger partial charge in [-0.3, -0.25) is 0 Å². The maximum Gasteiger partial charge on any atom is 0.246 e. The van der Waals surface area contributed by atoms with Gasteiger partial charge in [-0.2, -0.15) is 4.31 Å². The highest BCUT2D eigenvalue weighted by molar-refractivity contribution is 7.89. The predicted octanol–water partition coefficient (Wildman–Crippen LogP) is 0.318. The minimum absolute atomic E-state index is 0.114. The van der Waals surface area contributed by atoms with Gasteiger partial charge in [-0.1, -0.05) is 0 Å². The number of morpholine rings is 1. The van der Waals surface area contributed by atoms with Crippen molar-refractivity contribution in [3.05, 3.63) is 12.4 Å². The molecule has 0 spiro atoms. The van der Waals surface area contributed by atoms with E-state index < -0.39 is 10.0 Å². The molecule has 0 aromatic carbocycles. The average molecular weight is 286 g/mol. The van der Waals surface area contributed by atoms with Crippen LogP contribution in [-0.2, 0) is 14.8 Å². The van der Waals surface area contributed by atoms with Crippen LogP contribution in [0, 0.1) is 0 Å². The van der Waals surface area contributed by atoms with Gasteiger partial charge in [-0.15, -0.1) is 0 Å². The van der Waals surface area contributed by atoms with Crippen molar-refractivity contribution in [3.8, 4) is 0 Å². The largest absolute Gasteiger partial charge is 0.378 e. The van der Waals surface area contributed by atoms with Crippen LogP contribution in [-0.4, -0.2) is 55.0 Å². The Hall–Kier alpha value is -1.25. The Balaban J connectivity index is 2.23. The van der Waals surface area contributed by atoms with Crippen LogP contribution in [0.4, 0.5) is 5.95 Å². The molecule has 1 atom stereocenters. The molecule has 1 aromatic heterocycles. The fraction of sp³-hybridized carbons (Fsp3) is 0.636. The van der Waals surface area contributed by atoms with Crippen LogP contribution in [0.2, 0.25) is 0 Å². The van der Waals surface area contributed by atoms with Crippen molar-refractivity contribution in [2.45, 2.75) is 24.8 Å². The number of rotatable bonds is 4. The van der Waals surface area contributed by atoms with Crippen molar-refractivity contribution in [3.63, 3.8) is 0 Å². The van der Waals surface area contributed by atoms with Crippen LogP contribution in [0.25, 0.3) is 0 Å². The van der Waals surface area contributed by atoms with Gasteiger partial charge in [0, 0.05) is 19.1 Å². The van der Waals surface area contributed by atoms with E-state index in [9.17, 15) is 8.42 Å². The van der Waals surface area contributed by atoms with E-state index in [0.717, 1.165) is 0 Å². The molecule has 1 unspecified atom stereocenters. The number of hydrogen-bond acceptors (Lipinski definition) is 6. The third kappa shape index (κ3) is 3.02. The molecule has 0 amide bonds. The van der Waals surface area contributed by atoms with Crippen molar-refractivity contribution in [2.75, 3.05) is 31.6 Å². The zero-order chi connectivity index (χ0) is 13.9. The van der Waals surface area contributed by atoms with Crippen LogP contribution in [0.1, 0.15) is 13.8 Å². The van der Waals surface area contributed by atoms with Crippen LogP contribution in [0.5, 0.6) is 0 Å². The molecule has 1 aliphatic rings. The summed E-state index contributed by atoms with van der Waals surface area (Å²) in [5.41, 5.74) is 0. The first-order valence-electron chi connectivity index (χ1n) is 6.21. The molecule has 106 valence electrons. The zero-order valence-corrected chi connectivity index (χ0v) is 11.9. The number of nitrogens with zero attached hydrogens (tertiary/aromatic N) is 3. The Morgan fingerprint density at radius 3 is 2.74 bits per heavy atom. The summed E-state index contributed by atoms with van der Waals surface area (Å²) in [7, 11) is -3.54. The van der Waals surface area contributed by atoms with E-state index in [0.29, 0.717) is 32.3 Å². The van der Waals surface area contributed by atoms with E-state index in [1.165, 1.54) is 16.7 Å². The summed E-state index contributed by atoms with van der Waals surface area (Å²) < 4.78 is 31.6. The van der Waals surface area contributed by atoms with Gasteiger partial charge >= 0.3 is 0 Å². The summed E-state index contributed by atoms with van der Waals surface area (Å²) in [5.74, 6) is 0.427. The molecule has 19 heavy (non-hydrogen) atoms. The molecule has 1 aliphatic heterocycles. The van der Waals surface area contributed by atoms with Gasteiger partial charge in [0.05, 0.1) is 25.6 Å². The molecule has 0 bridgehead atoms. The van der Waals surface area contributed by atoms with E-state index >= 15 is 0 Å². The average Bonchev–Trinajstić information content (AvgIpc) is 2.40. The second kappa shape index (κ2) is 5.81. The molecule has 1 saturated heterocycles. The summed E-state index contributed by atoms with van der Waals surface area (Å²) in [6.45, 7) is 5.62. The van der Waals surface area contributed by atoms with E-state index in [2.05, 4.69) is 15.3 Å². The Bertz CT molecular complexity index is 517. The van der Waals surface area contributed by atoms with Gasteiger partial charge in [-0.25, -0.2) is 18.4 Å². The molecule has 1 N–H and O–H groups in total. The highest BCUT2D eigenvalue weighted by Crippen LogP contribution is 2.19. The number of anilines is 1. The summed E-state index contributed by atoms with van der Waals surface area (Å²) >= 11 is 0. The minimum atomic E-state index is -3.54. The maximum atomic E-state index is 12.4. The molecule has 2 rings (SSSR count). The third-order valence-electron chi connectivity index (χ3n) is 2.88. The number of hydrogen-bond donors (Lipinski definition) is 1. The second-order valence-electron chi connectivity index (χ2n) is 4.31. The molecule has 1 fully saturated rings. The van der Waals surface area contributed by atoms with Crippen LogP contribution >= 0.6 is 0 Å². The fourth-order valence-electron chi connectivity index (χ4n) is 1.90. The van der Waals surface area contributed by atoms with Crippen molar-refractivity contribution < 1.29 is 13.2 Å². The molecular weight excluding hydrogens is 268 g/mol. The molecule has 0 aliphatic carbocycles. The first-order valence-corrected chi connectivity index (χ1v) is 7.65. The lowest BCUT2D eigenvalue weighted by atomic mass is 10.3. The molecule has 1 aromatic rings. The lowest BCUT2D eigenvalue weighted by molar-refractivity contribution is 0.0392. The van der Waals surface area contributed by atoms with Gasteiger partial charge in [0.15, 0.2) is 0 Å². The van der Waals surface area contributed by atoms with Crippen molar-refractivity contribution >= 4 is 16.0 Å². The molecule has 7 nitrogen and oxygen atoms in total. The Morgan fingerprint density at radius 2 is 2.16 bits per heavy atom. The smallest absolute Gasteiger partial charge is 0.246 e. The number of ether oxygens (including phenoxy) is 1. The van der Waals surface area contributed by atoms with Crippen LogP contribution in [0.15, 0.2) is 17.3 Å². The van der Waals surface area contributed by atoms with Crippen molar-refractivity contribution in [2.24, 2.45) is 0 Å². The Labute approximate surface area is 113 Å². The summed E-state index contributed by atoms with van der Waals surface area (Å²) in [6.07, 6.45) is 2.67.